The quantitative estimate of drug-likeness (QED) is 0.709. The molecule has 2 aliphatic heterocycles. The third kappa shape index (κ3) is 3.57. The number of anilines is 2. The first kappa shape index (κ1) is 20.1. The summed E-state index contributed by atoms with van der Waals surface area (Å²) in [5.74, 6) is -1.00. The number of rotatable bonds is 5. The Balaban J connectivity index is 1.47. The van der Waals surface area contributed by atoms with Gasteiger partial charge in [-0.2, -0.15) is 5.11 Å². The van der Waals surface area contributed by atoms with Gasteiger partial charge in [-0.15, -0.1) is 0 Å². The van der Waals surface area contributed by atoms with Crippen molar-refractivity contribution < 1.29 is 19.1 Å². The Morgan fingerprint density at radius 2 is 1.97 bits per heavy atom. The summed E-state index contributed by atoms with van der Waals surface area (Å²) >= 11 is 12.0. The van der Waals surface area contributed by atoms with Crippen molar-refractivity contribution in [3.8, 4) is 5.75 Å². The van der Waals surface area contributed by atoms with E-state index in [0.717, 1.165) is 4.90 Å². The van der Waals surface area contributed by atoms with Crippen LogP contribution < -0.4 is 15.0 Å². The Bertz CT molecular complexity index is 1080. The Morgan fingerprint density at radius 3 is 2.67 bits per heavy atom. The van der Waals surface area contributed by atoms with Crippen LogP contribution in [0.4, 0.5) is 11.4 Å². The van der Waals surface area contributed by atoms with E-state index in [4.69, 9.17) is 27.9 Å². The Morgan fingerprint density at radius 1 is 1.17 bits per heavy atom. The van der Waals surface area contributed by atoms with E-state index in [1.165, 1.54) is 24.3 Å². The Kier molecular flexibility index (Phi) is 5.31. The van der Waals surface area contributed by atoms with Gasteiger partial charge in [0.25, 0.3) is 11.8 Å². The van der Waals surface area contributed by atoms with Crippen molar-refractivity contribution in [2.24, 2.45) is 10.3 Å². The molecule has 2 aromatic carbocycles. The monoisotopic (exact) mass is 447 g/mol. The van der Waals surface area contributed by atoms with E-state index in [-0.39, 0.29) is 6.54 Å². The highest BCUT2D eigenvalue weighted by Gasteiger charge is 2.55. The van der Waals surface area contributed by atoms with Gasteiger partial charge in [0.05, 0.1) is 17.8 Å². The maximum atomic E-state index is 12.9. The van der Waals surface area contributed by atoms with Gasteiger partial charge in [0.15, 0.2) is 12.1 Å². The first-order valence-electron chi connectivity index (χ1n) is 8.83. The molecular weight excluding hydrogens is 433 g/mol. The van der Waals surface area contributed by atoms with Crippen LogP contribution in [-0.2, 0) is 14.4 Å². The summed E-state index contributed by atoms with van der Waals surface area (Å²) in [7, 11) is 1.49. The molecule has 0 unspecified atom stereocenters. The SMILES string of the molecule is COc1ccc(NC(=O)CN2N=N[C@H]3C(=O)N(c4cccc(Cl)c4)C(=O)[C@@H]32)cc1Cl. The van der Waals surface area contributed by atoms with E-state index >= 15 is 0 Å². The fourth-order valence-corrected chi connectivity index (χ4v) is 3.76. The smallest absolute Gasteiger partial charge is 0.263 e. The number of nitrogens with zero attached hydrogens (tertiary/aromatic N) is 4. The zero-order chi connectivity index (χ0) is 21.4. The molecule has 0 spiro atoms. The first-order chi connectivity index (χ1) is 14.4. The van der Waals surface area contributed by atoms with Crippen LogP contribution in [-0.4, -0.2) is 48.5 Å². The number of carbonyl (C=O) groups is 3. The normalized spacial score (nSPS) is 20.0. The maximum Gasteiger partial charge on any atom is 0.263 e. The molecule has 2 atom stereocenters. The molecule has 0 aromatic heterocycles. The lowest BCUT2D eigenvalue weighted by molar-refractivity contribution is -0.123. The number of hydrogen-bond acceptors (Lipinski definition) is 7. The standard InChI is InChI=1S/C19H15Cl2N5O4/c1-30-14-6-5-11(8-13(14)21)22-15(27)9-25-17-16(23-24-25)18(28)26(19(17)29)12-4-2-3-10(20)7-12/h2-8,16-17H,9H2,1H3,(H,22,27)/t16-,17-/m1/s1. The molecule has 1 saturated heterocycles. The number of benzene rings is 2. The van der Waals surface area contributed by atoms with E-state index in [2.05, 4.69) is 15.7 Å². The minimum absolute atomic E-state index is 0.267. The van der Waals surface area contributed by atoms with Gasteiger partial charge in [0.2, 0.25) is 5.91 Å². The minimum Gasteiger partial charge on any atom is -0.495 e. The molecule has 2 heterocycles. The number of nitrogens with one attached hydrogen (secondary N) is 1. The third-order valence-electron chi connectivity index (χ3n) is 4.67. The van der Waals surface area contributed by atoms with Crippen molar-refractivity contribution in [1.82, 2.24) is 5.01 Å². The second-order valence-electron chi connectivity index (χ2n) is 6.58. The molecule has 154 valence electrons. The maximum absolute atomic E-state index is 12.9. The van der Waals surface area contributed by atoms with Gasteiger partial charge in [-0.25, -0.2) is 4.90 Å². The zero-order valence-corrected chi connectivity index (χ0v) is 17.1. The summed E-state index contributed by atoms with van der Waals surface area (Å²) < 4.78 is 5.07. The van der Waals surface area contributed by atoms with Crippen molar-refractivity contribution in [2.75, 3.05) is 23.9 Å². The Hall–Kier alpha value is -3.17. The molecule has 11 heteroatoms. The highest BCUT2D eigenvalue weighted by Crippen LogP contribution is 2.33. The summed E-state index contributed by atoms with van der Waals surface area (Å²) in [6.07, 6.45) is 0. The number of hydrogen-bond donors (Lipinski definition) is 1. The molecule has 3 amide bonds. The summed E-state index contributed by atoms with van der Waals surface area (Å²) in [5.41, 5.74) is 0.798. The molecule has 0 aliphatic carbocycles. The fourth-order valence-electron chi connectivity index (χ4n) is 3.32. The number of carbonyl (C=O) groups excluding carboxylic acids is 3. The van der Waals surface area contributed by atoms with Gasteiger partial charge >= 0.3 is 0 Å². The van der Waals surface area contributed by atoms with Crippen LogP contribution in [0.3, 0.4) is 0 Å². The number of imide groups is 1. The molecule has 2 aliphatic rings. The van der Waals surface area contributed by atoms with E-state index in [0.29, 0.717) is 27.2 Å². The van der Waals surface area contributed by atoms with Gasteiger partial charge in [-0.3, -0.25) is 19.4 Å². The van der Waals surface area contributed by atoms with E-state index in [1.807, 2.05) is 0 Å². The van der Waals surface area contributed by atoms with Gasteiger partial charge in [0.1, 0.15) is 12.3 Å². The van der Waals surface area contributed by atoms with E-state index < -0.39 is 29.8 Å². The van der Waals surface area contributed by atoms with Crippen molar-refractivity contribution >= 4 is 52.3 Å². The molecule has 1 fully saturated rings. The van der Waals surface area contributed by atoms with Gasteiger partial charge in [0, 0.05) is 10.7 Å². The van der Waals surface area contributed by atoms with Crippen LogP contribution in [0.5, 0.6) is 5.75 Å². The molecule has 4 rings (SSSR count). The molecule has 0 bridgehead atoms. The number of halogens is 2. The van der Waals surface area contributed by atoms with Crippen molar-refractivity contribution in [3.05, 3.63) is 52.5 Å². The third-order valence-corrected chi connectivity index (χ3v) is 5.20. The summed E-state index contributed by atoms with van der Waals surface area (Å²) in [4.78, 5) is 39.1. The second kappa shape index (κ2) is 7.92. The van der Waals surface area contributed by atoms with Crippen LogP contribution in [0.2, 0.25) is 10.0 Å². The number of fused-ring (bicyclic) bond motifs is 1. The predicted octanol–water partition coefficient (Wildman–Crippen LogP) is 2.93. The highest BCUT2D eigenvalue weighted by atomic mass is 35.5. The van der Waals surface area contributed by atoms with Crippen LogP contribution >= 0.6 is 23.2 Å². The van der Waals surface area contributed by atoms with Crippen molar-refractivity contribution in [2.45, 2.75) is 12.1 Å². The lowest BCUT2D eigenvalue weighted by Crippen LogP contribution is -2.43. The topological polar surface area (TPSA) is 104 Å². The molecule has 2 aromatic rings. The van der Waals surface area contributed by atoms with Crippen molar-refractivity contribution in [1.29, 1.82) is 0 Å². The van der Waals surface area contributed by atoms with Crippen LogP contribution in [0.1, 0.15) is 0 Å². The molecule has 9 nitrogen and oxygen atoms in total. The average molecular weight is 448 g/mol. The van der Waals surface area contributed by atoms with Gasteiger partial charge in [-0.1, -0.05) is 34.5 Å². The Labute approximate surface area is 181 Å². The largest absolute Gasteiger partial charge is 0.495 e. The lowest BCUT2D eigenvalue weighted by atomic mass is 10.1. The molecule has 30 heavy (non-hydrogen) atoms. The van der Waals surface area contributed by atoms with Crippen molar-refractivity contribution in [3.63, 3.8) is 0 Å². The second-order valence-corrected chi connectivity index (χ2v) is 7.43. The zero-order valence-electron chi connectivity index (χ0n) is 15.6. The highest BCUT2D eigenvalue weighted by molar-refractivity contribution is 6.32. The summed E-state index contributed by atoms with van der Waals surface area (Å²) in [5, 5.41) is 12.3. The number of amides is 3. The number of methoxy groups -OCH3 is 1. The lowest BCUT2D eigenvalue weighted by Gasteiger charge is -2.20. The van der Waals surface area contributed by atoms with Crippen LogP contribution in [0.15, 0.2) is 52.8 Å². The summed E-state index contributed by atoms with van der Waals surface area (Å²) in [6, 6.07) is 9.19. The molecule has 0 radical (unpaired) electrons. The molecular formula is C19H15Cl2N5O4. The predicted molar refractivity (Wildman–Crippen MR) is 110 cm³/mol. The summed E-state index contributed by atoms with van der Waals surface area (Å²) in [6.45, 7) is -0.267. The first-order valence-corrected chi connectivity index (χ1v) is 9.59. The van der Waals surface area contributed by atoms with Crippen LogP contribution in [0.25, 0.3) is 0 Å². The number of ether oxygens (including phenoxy) is 1. The molecule has 1 N–H and O–H groups in total. The fraction of sp³-hybridized carbons (Fsp3) is 0.211. The van der Waals surface area contributed by atoms with E-state index in [9.17, 15) is 14.4 Å². The van der Waals surface area contributed by atoms with Gasteiger partial charge in [-0.05, 0) is 36.4 Å². The molecule has 0 saturated carbocycles. The van der Waals surface area contributed by atoms with E-state index in [1.54, 1.807) is 30.3 Å². The van der Waals surface area contributed by atoms with Crippen LogP contribution in [0, 0.1) is 0 Å². The minimum atomic E-state index is -1.00. The van der Waals surface area contributed by atoms with Gasteiger partial charge < -0.3 is 10.1 Å². The average Bonchev–Trinajstić information content (AvgIpc) is 3.21.